The summed E-state index contributed by atoms with van der Waals surface area (Å²) < 4.78 is 0. The summed E-state index contributed by atoms with van der Waals surface area (Å²) in [7, 11) is 0. The van der Waals surface area contributed by atoms with E-state index in [0.29, 0.717) is 12.0 Å². The van der Waals surface area contributed by atoms with E-state index < -0.39 is 16.4 Å². The molecule has 1 rings (SSSR count). The predicted molar refractivity (Wildman–Crippen MR) is 69.6 cm³/mol. The Labute approximate surface area is 111 Å². The van der Waals surface area contributed by atoms with E-state index in [2.05, 4.69) is 5.32 Å². The van der Waals surface area contributed by atoms with Crippen molar-refractivity contribution in [2.75, 3.05) is 0 Å². The van der Waals surface area contributed by atoms with Gasteiger partial charge in [-0.3, -0.25) is 14.9 Å². The number of nitriles is 1. The minimum atomic E-state index is -1.03. The predicted octanol–water partition coefficient (Wildman–Crippen LogP) is 2.33. The Balaban J connectivity index is 3.21. The van der Waals surface area contributed by atoms with E-state index in [-0.39, 0.29) is 11.3 Å². The fourth-order valence-corrected chi connectivity index (χ4v) is 1.61. The molecule has 19 heavy (non-hydrogen) atoms. The molecule has 0 saturated heterocycles. The van der Waals surface area contributed by atoms with Crippen LogP contribution >= 0.6 is 0 Å². The lowest BCUT2D eigenvalue weighted by molar-refractivity contribution is -0.385. The second kappa shape index (κ2) is 5.48. The van der Waals surface area contributed by atoms with Gasteiger partial charge >= 0.3 is 0 Å². The molecule has 6 heteroatoms. The lowest BCUT2D eigenvalue weighted by atomic mass is 9.99. The smallest absolute Gasteiger partial charge is 0.282 e. The second-order valence-electron chi connectivity index (χ2n) is 4.48. The molecule has 6 nitrogen and oxygen atoms in total. The molecule has 1 unspecified atom stereocenters. The fraction of sp³-hybridized carbons (Fsp3) is 0.385. The van der Waals surface area contributed by atoms with Crippen LogP contribution in [-0.4, -0.2) is 16.4 Å². The maximum Gasteiger partial charge on any atom is 0.282 e. The Kier molecular flexibility index (Phi) is 4.22. The van der Waals surface area contributed by atoms with Gasteiger partial charge < -0.3 is 5.32 Å². The molecule has 0 fully saturated rings. The van der Waals surface area contributed by atoms with Gasteiger partial charge in [0.2, 0.25) is 0 Å². The third-order valence-electron chi connectivity index (χ3n) is 3.02. The first-order chi connectivity index (χ1) is 8.84. The minimum Gasteiger partial charge on any atom is -0.334 e. The van der Waals surface area contributed by atoms with Crippen molar-refractivity contribution in [1.29, 1.82) is 5.26 Å². The van der Waals surface area contributed by atoms with Gasteiger partial charge in [-0.05, 0) is 25.8 Å². The van der Waals surface area contributed by atoms with Crippen molar-refractivity contribution in [3.63, 3.8) is 0 Å². The molecule has 0 aliphatic heterocycles. The molecule has 1 atom stereocenters. The van der Waals surface area contributed by atoms with Crippen LogP contribution in [-0.2, 0) is 0 Å². The van der Waals surface area contributed by atoms with Crippen molar-refractivity contribution in [3.8, 4) is 6.07 Å². The Hall–Kier alpha value is -2.42. The Morgan fingerprint density at radius 2 is 2.21 bits per heavy atom. The van der Waals surface area contributed by atoms with E-state index in [1.807, 2.05) is 6.07 Å². The average molecular weight is 261 g/mol. The van der Waals surface area contributed by atoms with E-state index >= 15 is 0 Å². The molecule has 1 N–H and O–H groups in total. The number of hydrogen-bond donors (Lipinski definition) is 1. The Morgan fingerprint density at radius 3 is 2.68 bits per heavy atom. The summed E-state index contributed by atoms with van der Waals surface area (Å²) in [6, 6.07) is 6.41. The third-order valence-corrected chi connectivity index (χ3v) is 3.02. The van der Waals surface area contributed by atoms with Crippen LogP contribution in [0.4, 0.5) is 5.69 Å². The second-order valence-corrected chi connectivity index (χ2v) is 4.48. The molecule has 0 spiro atoms. The number of carbonyl (C=O) groups is 1. The lowest BCUT2D eigenvalue weighted by Crippen LogP contribution is -2.44. The van der Waals surface area contributed by atoms with Gasteiger partial charge in [0.25, 0.3) is 11.6 Å². The monoisotopic (exact) mass is 261 g/mol. The standard InChI is InChI=1S/C13H15N3O3/c1-4-13(3,8-14)15-12(17)11-9(2)6-5-7-10(11)16(18)19/h5-7H,4H2,1-3H3,(H,15,17). The van der Waals surface area contributed by atoms with Crippen LogP contribution in [0.1, 0.15) is 36.2 Å². The molecule has 0 heterocycles. The molecule has 0 saturated carbocycles. The zero-order valence-electron chi connectivity index (χ0n) is 11.1. The Morgan fingerprint density at radius 1 is 1.58 bits per heavy atom. The summed E-state index contributed by atoms with van der Waals surface area (Å²) in [6.07, 6.45) is 0.412. The maximum atomic E-state index is 12.2. The van der Waals surface area contributed by atoms with Gasteiger partial charge in [0, 0.05) is 6.07 Å². The highest BCUT2D eigenvalue weighted by molar-refractivity contribution is 6.00. The number of amides is 1. The van der Waals surface area contributed by atoms with Crippen molar-refractivity contribution < 1.29 is 9.72 Å². The van der Waals surface area contributed by atoms with Crippen LogP contribution in [0.2, 0.25) is 0 Å². The van der Waals surface area contributed by atoms with Gasteiger partial charge in [0.05, 0.1) is 11.0 Å². The van der Waals surface area contributed by atoms with Crippen LogP contribution in [0.5, 0.6) is 0 Å². The van der Waals surface area contributed by atoms with Crippen molar-refractivity contribution >= 4 is 11.6 Å². The van der Waals surface area contributed by atoms with E-state index in [9.17, 15) is 14.9 Å². The van der Waals surface area contributed by atoms with Crippen molar-refractivity contribution in [2.45, 2.75) is 32.7 Å². The highest BCUT2D eigenvalue weighted by Crippen LogP contribution is 2.22. The fourth-order valence-electron chi connectivity index (χ4n) is 1.61. The van der Waals surface area contributed by atoms with Gasteiger partial charge in [-0.1, -0.05) is 19.1 Å². The molecule has 0 aliphatic carbocycles. The molecule has 0 aromatic heterocycles. The molecule has 0 bridgehead atoms. The van der Waals surface area contributed by atoms with E-state index in [1.54, 1.807) is 26.8 Å². The molecule has 1 amide bonds. The van der Waals surface area contributed by atoms with Crippen LogP contribution < -0.4 is 5.32 Å². The number of rotatable bonds is 4. The van der Waals surface area contributed by atoms with Crippen molar-refractivity contribution in [2.24, 2.45) is 0 Å². The van der Waals surface area contributed by atoms with Crippen molar-refractivity contribution in [3.05, 3.63) is 39.4 Å². The van der Waals surface area contributed by atoms with Crippen LogP contribution in [0.15, 0.2) is 18.2 Å². The van der Waals surface area contributed by atoms with Gasteiger partial charge in [0.1, 0.15) is 11.1 Å². The summed E-state index contributed by atoms with van der Waals surface area (Å²) in [5, 5.41) is 22.5. The number of hydrogen-bond acceptors (Lipinski definition) is 4. The summed E-state index contributed by atoms with van der Waals surface area (Å²) >= 11 is 0. The first-order valence-electron chi connectivity index (χ1n) is 5.82. The van der Waals surface area contributed by atoms with E-state index in [0.717, 1.165) is 0 Å². The molecule has 1 aromatic rings. The zero-order chi connectivity index (χ0) is 14.6. The van der Waals surface area contributed by atoms with Gasteiger partial charge in [-0.25, -0.2) is 0 Å². The summed E-state index contributed by atoms with van der Waals surface area (Å²) in [6.45, 7) is 4.96. The maximum absolute atomic E-state index is 12.2. The van der Waals surface area contributed by atoms with E-state index in [1.165, 1.54) is 12.1 Å². The summed E-state index contributed by atoms with van der Waals surface area (Å²) in [5.41, 5.74) is -0.785. The lowest BCUT2D eigenvalue weighted by Gasteiger charge is -2.21. The number of nitro benzene ring substituents is 1. The van der Waals surface area contributed by atoms with Crippen LogP contribution in [0.25, 0.3) is 0 Å². The minimum absolute atomic E-state index is 0.00225. The first kappa shape index (κ1) is 14.6. The molecule has 1 aromatic carbocycles. The number of nitrogens with one attached hydrogen (secondary N) is 1. The SMILES string of the molecule is CCC(C)(C#N)NC(=O)c1c(C)cccc1[N+](=O)[O-]. The Bertz CT molecular complexity index is 563. The highest BCUT2D eigenvalue weighted by atomic mass is 16.6. The number of benzene rings is 1. The van der Waals surface area contributed by atoms with Crippen LogP contribution in [0.3, 0.4) is 0 Å². The molecular weight excluding hydrogens is 246 g/mol. The van der Waals surface area contributed by atoms with Gasteiger partial charge in [0.15, 0.2) is 0 Å². The normalized spacial score (nSPS) is 13.2. The number of carbonyl (C=O) groups excluding carboxylic acids is 1. The summed E-state index contributed by atoms with van der Waals surface area (Å²) in [4.78, 5) is 22.5. The molecular formula is C13H15N3O3. The largest absolute Gasteiger partial charge is 0.334 e. The molecule has 0 aliphatic rings. The molecule has 0 radical (unpaired) electrons. The average Bonchev–Trinajstić information content (AvgIpc) is 2.37. The molecule has 100 valence electrons. The number of nitro groups is 1. The van der Waals surface area contributed by atoms with Crippen LogP contribution in [0, 0.1) is 28.4 Å². The first-order valence-corrected chi connectivity index (χ1v) is 5.82. The third kappa shape index (κ3) is 3.07. The summed E-state index contributed by atoms with van der Waals surface area (Å²) in [5.74, 6) is -0.601. The zero-order valence-corrected chi connectivity index (χ0v) is 11.1. The topological polar surface area (TPSA) is 96.0 Å². The number of nitrogens with zero attached hydrogens (tertiary/aromatic N) is 2. The van der Waals surface area contributed by atoms with Gasteiger partial charge in [-0.2, -0.15) is 5.26 Å². The highest BCUT2D eigenvalue weighted by Gasteiger charge is 2.29. The van der Waals surface area contributed by atoms with Crippen molar-refractivity contribution in [1.82, 2.24) is 5.32 Å². The quantitative estimate of drug-likeness (QED) is 0.664. The number of aryl methyl sites for hydroxylation is 1. The van der Waals surface area contributed by atoms with Gasteiger partial charge in [-0.15, -0.1) is 0 Å². The van der Waals surface area contributed by atoms with E-state index in [4.69, 9.17) is 5.26 Å².